The van der Waals surface area contributed by atoms with Gasteiger partial charge >= 0.3 is 0 Å². The van der Waals surface area contributed by atoms with Crippen LogP contribution in [0.5, 0.6) is 0 Å². The molecule has 0 fully saturated rings. The van der Waals surface area contributed by atoms with Gasteiger partial charge in [0.25, 0.3) is 5.91 Å². The molecule has 1 aromatic heterocycles. The lowest BCUT2D eigenvalue weighted by molar-refractivity contribution is -0.113. The Morgan fingerprint density at radius 1 is 1.16 bits per heavy atom. The standard InChI is InChI=1S/C14H12ClNO2S/c15-13(17)11(9-10-5-2-1-3-6-10)16-14(18)12-7-4-8-19-12/h1-8,11H,9H2,(H,16,18). The third-order valence-electron chi connectivity index (χ3n) is 2.61. The van der Waals surface area contributed by atoms with Crippen molar-refractivity contribution in [2.24, 2.45) is 0 Å². The van der Waals surface area contributed by atoms with Gasteiger partial charge in [-0.3, -0.25) is 9.59 Å². The van der Waals surface area contributed by atoms with Crippen molar-refractivity contribution in [1.29, 1.82) is 0 Å². The van der Waals surface area contributed by atoms with E-state index in [1.807, 2.05) is 35.7 Å². The quantitative estimate of drug-likeness (QED) is 0.862. The van der Waals surface area contributed by atoms with E-state index in [0.29, 0.717) is 11.3 Å². The lowest BCUT2D eigenvalue weighted by Crippen LogP contribution is -2.40. The summed E-state index contributed by atoms with van der Waals surface area (Å²) >= 11 is 6.87. The first-order valence-electron chi connectivity index (χ1n) is 5.74. The monoisotopic (exact) mass is 293 g/mol. The molecule has 2 rings (SSSR count). The first-order chi connectivity index (χ1) is 9.16. The van der Waals surface area contributed by atoms with Gasteiger partial charge in [0, 0.05) is 6.42 Å². The van der Waals surface area contributed by atoms with Crippen molar-refractivity contribution in [2.45, 2.75) is 12.5 Å². The second-order valence-electron chi connectivity index (χ2n) is 4.00. The van der Waals surface area contributed by atoms with Crippen molar-refractivity contribution < 1.29 is 9.59 Å². The van der Waals surface area contributed by atoms with E-state index in [0.717, 1.165) is 5.56 Å². The molecule has 1 unspecified atom stereocenters. The zero-order chi connectivity index (χ0) is 13.7. The summed E-state index contributed by atoms with van der Waals surface area (Å²) in [5.74, 6) is -0.273. The Hall–Kier alpha value is -1.65. The van der Waals surface area contributed by atoms with Crippen LogP contribution in [0.3, 0.4) is 0 Å². The van der Waals surface area contributed by atoms with Crippen LogP contribution in [0.1, 0.15) is 15.2 Å². The fourth-order valence-electron chi connectivity index (χ4n) is 1.67. The molecule has 3 nitrogen and oxygen atoms in total. The van der Waals surface area contributed by atoms with Crippen LogP contribution >= 0.6 is 22.9 Å². The summed E-state index contributed by atoms with van der Waals surface area (Å²) in [5.41, 5.74) is 0.952. The molecular formula is C14H12ClNO2S. The number of nitrogens with one attached hydrogen (secondary N) is 1. The lowest BCUT2D eigenvalue weighted by atomic mass is 10.1. The fraction of sp³-hybridized carbons (Fsp3) is 0.143. The Morgan fingerprint density at radius 3 is 2.47 bits per heavy atom. The van der Waals surface area contributed by atoms with Crippen molar-refractivity contribution in [1.82, 2.24) is 5.32 Å². The maximum absolute atomic E-state index is 11.9. The Bertz CT molecular complexity index is 554. The first kappa shape index (κ1) is 13.8. The van der Waals surface area contributed by atoms with Crippen LogP contribution in [0.4, 0.5) is 0 Å². The Morgan fingerprint density at radius 2 is 1.89 bits per heavy atom. The molecule has 0 aliphatic heterocycles. The number of halogens is 1. The number of hydrogen-bond donors (Lipinski definition) is 1. The van der Waals surface area contributed by atoms with Crippen molar-refractivity contribution >= 4 is 34.1 Å². The van der Waals surface area contributed by atoms with E-state index in [-0.39, 0.29) is 5.91 Å². The average Bonchev–Trinajstić information content (AvgIpc) is 2.93. The van der Waals surface area contributed by atoms with Gasteiger partial charge in [0.1, 0.15) is 6.04 Å². The van der Waals surface area contributed by atoms with Gasteiger partial charge in [0.05, 0.1) is 4.88 Å². The molecule has 19 heavy (non-hydrogen) atoms. The van der Waals surface area contributed by atoms with Crippen molar-refractivity contribution in [3.05, 3.63) is 58.3 Å². The minimum absolute atomic E-state index is 0.273. The van der Waals surface area contributed by atoms with E-state index in [1.54, 1.807) is 12.1 Å². The third-order valence-corrected chi connectivity index (χ3v) is 3.74. The number of hydrogen-bond acceptors (Lipinski definition) is 3. The number of carbonyl (C=O) groups is 2. The maximum Gasteiger partial charge on any atom is 0.261 e. The predicted octanol–water partition coefficient (Wildman–Crippen LogP) is 2.85. The van der Waals surface area contributed by atoms with Crippen LogP contribution < -0.4 is 5.32 Å². The van der Waals surface area contributed by atoms with Gasteiger partial charge in [-0.2, -0.15) is 0 Å². The van der Waals surface area contributed by atoms with Gasteiger partial charge < -0.3 is 5.32 Å². The van der Waals surface area contributed by atoms with E-state index in [4.69, 9.17) is 11.6 Å². The molecule has 1 N–H and O–H groups in total. The number of rotatable bonds is 5. The van der Waals surface area contributed by atoms with Gasteiger partial charge in [0.15, 0.2) is 0 Å². The zero-order valence-corrected chi connectivity index (χ0v) is 11.6. The SMILES string of the molecule is O=C(NC(Cc1ccccc1)C(=O)Cl)c1cccs1. The summed E-state index contributed by atoms with van der Waals surface area (Å²) in [6, 6.07) is 12.2. The summed E-state index contributed by atoms with van der Waals surface area (Å²) < 4.78 is 0. The highest BCUT2D eigenvalue weighted by Gasteiger charge is 2.20. The first-order valence-corrected chi connectivity index (χ1v) is 7.00. The van der Waals surface area contributed by atoms with Crippen LogP contribution in [-0.2, 0) is 11.2 Å². The van der Waals surface area contributed by atoms with Crippen molar-refractivity contribution in [3.63, 3.8) is 0 Å². The van der Waals surface area contributed by atoms with E-state index >= 15 is 0 Å². The van der Waals surface area contributed by atoms with Gasteiger partial charge in [-0.05, 0) is 28.6 Å². The minimum atomic E-state index is -0.710. The highest BCUT2D eigenvalue weighted by atomic mass is 35.5. The van der Waals surface area contributed by atoms with Gasteiger partial charge in [0.2, 0.25) is 5.24 Å². The summed E-state index contributed by atoms with van der Waals surface area (Å²) in [6.45, 7) is 0. The van der Waals surface area contributed by atoms with E-state index < -0.39 is 11.3 Å². The smallest absolute Gasteiger partial charge is 0.261 e. The van der Waals surface area contributed by atoms with Gasteiger partial charge in [-0.15, -0.1) is 11.3 Å². The summed E-state index contributed by atoms with van der Waals surface area (Å²) in [4.78, 5) is 23.9. The normalized spacial score (nSPS) is 11.8. The van der Waals surface area contributed by atoms with Crippen LogP contribution in [0.25, 0.3) is 0 Å². The fourth-order valence-corrected chi connectivity index (χ4v) is 2.43. The van der Waals surface area contributed by atoms with E-state index in [1.165, 1.54) is 11.3 Å². The Kier molecular flexibility index (Phi) is 4.71. The van der Waals surface area contributed by atoms with Gasteiger partial charge in [-0.1, -0.05) is 36.4 Å². The largest absolute Gasteiger partial charge is 0.340 e. The summed E-state index contributed by atoms with van der Waals surface area (Å²) in [7, 11) is 0. The molecule has 5 heteroatoms. The molecular weight excluding hydrogens is 282 g/mol. The summed E-state index contributed by atoms with van der Waals surface area (Å²) in [5, 5.41) is 3.91. The van der Waals surface area contributed by atoms with Crippen molar-refractivity contribution in [2.75, 3.05) is 0 Å². The summed E-state index contributed by atoms with van der Waals surface area (Å²) in [6.07, 6.45) is 0.389. The third kappa shape index (κ3) is 3.91. The molecule has 1 heterocycles. The van der Waals surface area contributed by atoms with Crippen LogP contribution in [-0.4, -0.2) is 17.2 Å². The number of carbonyl (C=O) groups excluding carboxylic acids is 2. The van der Waals surface area contributed by atoms with E-state index in [2.05, 4.69) is 5.32 Å². The molecule has 2 aromatic rings. The average molecular weight is 294 g/mol. The molecule has 1 atom stereocenters. The molecule has 0 saturated carbocycles. The van der Waals surface area contributed by atoms with Crippen LogP contribution in [0.15, 0.2) is 47.8 Å². The number of benzene rings is 1. The molecule has 0 aliphatic rings. The molecule has 0 radical (unpaired) electrons. The topological polar surface area (TPSA) is 46.2 Å². The van der Waals surface area contributed by atoms with E-state index in [9.17, 15) is 9.59 Å². The van der Waals surface area contributed by atoms with Crippen LogP contribution in [0.2, 0.25) is 0 Å². The number of amides is 1. The Labute approximate surface area is 120 Å². The molecule has 0 bridgehead atoms. The second-order valence-corrected chi connectivity index (χ2v) is 5.32. The van der Waals surface area contributed by atoms with Crippen molar-refractivity contribution in [3.8, 4) is 0 Å². The molecule has 0 aliphatic carbocycles. The minimum Gasteiger partial charge on any atom is -0.340 e. The molecule has 1 amide bonds. The Balaban J connectivity index is 2.05. The van der Waals surface area contributed by atoms with Gasteiger partial charge in [-0.25, -0.2) is 0 Å². The highest BCUT2D eigenvalue weighted by Crippen LogP contribution is 2.10. The molecule has 98 valence electrons. The predicted molar refractivity (Wildman–Crippen MR) is 76.6 cm³/mol. The second kappa shape index (κ2) is 6.50. The number of thiophene rings is 1. The highest BCUT2D eigenvalue weighted by molar-refractivity contribution is 7.12. The molecule has 1 aromatic carbocycles. The molecule has 0 spiro atoms. The zero-order valence-electron chi connectivity index (χ0n) is 10.0. The van der Waals surface area contributed by atoms with Crippen LogP contribution in [0, 0.1) is 0 Å². The maximum atomic E-state index is 11.9. The lowest BCUT2D eigenvalue weighted by Gasteiger charge is -2.14. The molecule has 0 saturated heterocycles.